The second-order valence-electron chi connectivity index (χ2n) is 1.28. The standard InChI is InChI=1S/C4H7NS2/c6-3-4-5-1-2-7-4/h6H,1-3H2. The summed E-state index contributed by atoms with van der Waals surface area (Å²) in [5, 5.41) is 1.20. The molecule has 7 heavy (non-hydrogen) atoms. The Morgan fingerprint density at radius 2 is 2.71 bits per heavy atom. The molecule has 1 aliphatic rings. The van der Waals surface area contributed by atoms with Crippen LogP contribution in [-0.4, -0.2) is 23.1 Å². The SMILES string of the molecule is SCC1=NCCS1. The van der Waals surface area contributed by atoms with Gasteiger partial charge in [-0.1, -0.05) is 0 Å². The van der Waals surface area contributed by atoms with Gasteiger partial charge in [0.05, 0.1) is 5.04 Å². The molecule has 0 saturated heterocycles. The van der Waals surface area contributed by atoms with E-state index in [1.807, 2.05) is 11.8 Å². The van der Waals surface area contributed by atoms with Crippen LogP contribution in [0.15, 0.2) is 4.99 Å². The van der Waals surface area contributed by atoms with Crippen LogP contribution in [0.3, 0.4) is 0 Å². The summed E-state index contributed by atoms with van der Waals surface area (Å²) in [5.41, 5.74) is 0. The van der Waals surface area contributed by atoms with E-state index in [4.69, 9.17) is 0 Å². The minimum absolute atomic E-state index is 0.824. The molecule has 1 heterocycles. The van der Waals surface area contributed by atoms with Crippen molar-refractivity contribution in [2.24, 2.45) is 4.99 Å². The maximum Gasteiger partial charge on any atom is 0.0773 e. The van der Waals surface area contributed by atoms with Crippen LogP contribution in [0.2, 0.25) is 0 Å². The molecule has 0 radical (unpaired) electrons. The zero-order valence-corrected chi connectivity index (χ0v) is 5.63. The first kappa shape index (κ1) is 5.51. The Bertz CT molecular complexity index is 89.7. The molecule has 0 unspecified atom stereocenters. The molecule has 1 rings (SSSR count). The van der Waals surface area contributed by atoms with Gasteiger partial charge in [-0.2, -0.15) is 12.6 Å². The Kier molecular flexibility index (Phi) is 2.06. The fraction of sp³-hybridized carbons (Fsp3) is 0.750. The number of hydrogen-bond donors (Lipinski definition) is 1. The van der Waals surface area contributed by atoms with Gasteiger partial charge in [-0.3, -0.25) is 4.99 Å². The normalized spacial score (nSPS) is 19.9. The third kappa shape index (κ3) is 1.39. The van der Waals surface area contributed by atoms with E-state index in [1.54, 1.807) is 0 Å². The van der Waals surface area contributed by atoms with Crippen LogP contribution in [0.5, 0.6) is 0 Å². The van der Waals surface area contributed by atoms with E-state index in [-0.39, 0.29) is 0 Å². The minimum atomic E-state index is 0.824. The van der Waals surface area contributed by atoms with E-state index in [0.29, 0.717) is 0 Å². The molecule has 1 nitrogen and oxygen atoms in total. The maximum absolute atomic E-state index is 4.16. The minimum Gasteiger partial charge on any atom is -0.281 e. The molecule has 0 amide bonds. The molecule has 40 valence electrons. The Morgan fingerprint density at radius 1 is 1.86 bits per heavy atom. The molecule has 0 aliphatic carbocycles. The number of thioether (sulfide) groups is 1. The summed E-state index contributed by atoms with van der Waals surface area (Å²) in [6.45, 7) is 1.00. The Balaban J connectivity index is 2.36. The first-order valence-electron chi connectivity index (χ1n) is 2.20. The quantitative estimate of drug-likeness (QED) is 0.528. The molecule has 0 aromatic rings. The molecule has 3 heteroatoms. The van der Waals surface area contributed by atoms with Crippen molar-refractivity contribution in [2.75, 3.05) is 18.1 Å². The molecular formula is C4H7NS2. The van der Waals surface area contributed by atoms with E-state index in [0.717, 1.165) is 18.1 Å². The molecule has 0 spiro atoms. The van der Waals surface area contributed by atoms with Crippen LogP contribution in [0, 0.1) is 0 Å². The van der Waals surface area contributed by atoms with Gasteiger partial charge in [-0.15, -0.1) is 11.8 Å². The van der Waals surface area contributed by atoms with Crippen molar-refractivity contribution in [1.82, 2.24) is 0 Å². The Morgan fingerprint density at radius 3 is 3.00 bits per heavy atom. The molecule has 0 aromatic heterocycles. The van der Waals surface area contributed by atoms with Gasteiger partial charge in [-0.25, -0.2) is 0 Å². The predicted molar refractivity (Wildman–Crippen MR) is 38.6 cm³/mol. The highest BCUT2D eigenvalue weighted by Gasteiger charge is 2.02. The van der Waals surface area contributed by atoms with Crippen LogP contribution < -0.4 is 0 Å². The second-order valence-corrected chi connectivity index (χ2v) is 2.77. The molecule has 0 fully saturated rings. The third-order valence-electron chi connectivity index (χ3n) is 0.783. The maximum atomic E-state index is 4.16. The summed E-state index contributed by atoms with van der Waals surface area (Å²) in [4.78, 5) is 4.16. The summed E-state index contributed by atoms with van der Waals surface area (Å²) in [6, 6.07) is 0. The van der Waals surface area contributed by atoms with Crippen LogP contribution >= 0.6 is 24.4 Å². The summed E-state index contributed by atoms with van der Waals surface area (Å²) in [5.74, 6) is 1.99. The zero-order chi connectivity index (χ0) is 5.11. The van der Waals surface area contributed by atoms with Crippen molar-refractivity contribution < 1.29 is 0 Å². The molecule has 0 bridgehead atoms. The largest absolute Gasteiger partial charge is 0.281 e. The number of hydrogen-bond acceptors (Lipinski definition) is 3. The van der Waals surface area contributed by atoms with Crippen molar-refractivity contribution in [1.29, 1.82) is 0 Å². The van der Waals surface area contributed by atoms with E-state index < -0.39 is 0 Å². The highest BCUT2D eigenvalue weighted by Crippen LogP contribution is 2.11. The van der Waals surface area contributed by atoms with E-state index in [2.05, 4.69) is 17.6 Å². The van der Waals surface area contributed by atoms with E-state index in [9.17, 15) is 0 Å². The fourth-order valence-electron chi connectivity index (χ4n) is 0.475. The monoisotopic (exact) mass is 133 g/mol. The molecular weight excluding hydrogens is 126 g/mol. The summed E-state index contributed by atoms with van der Waals surface area (Å²) in [7, 11) is 0. The van der Waals surface area contributed by atoms with Crippen molar-refractivity contribution >= 4 is 29.4 Å². The van der Waals surface area contributed by atoms with Crippen molar-refractivity contribution in [2.45, 2.75) is 0 Å². The highest BCUT2D eigenvalue weighted by atomic mass is 32.2. The number of thiol groups is 1. The van der Waals surface area contributed by atoms with Crippen molar-refractivity contribution in [3.8, 4) is 0 Å². The lowest BCUT2D eigenvalue weighted by Gasteiger charge is -1.85. The van der Waals surface area contributed by atoms with Crippen LogP contribution in [-0.2, 0) is 0 Å². The van der Waals surface area contributed by atoms with Gasteiger partial charge in [0, 0.05) is 18.1 Å². The molecule has 0 aromatic carbocycles. The van der Waals surface area contributed by atoms with Crippen LogP contribution in [0.4, 0.5) is 0 Å². The smallest absolute Gasteiger partial charge is 0.0773 e. The summed E-state index contributed by atoms with van der Waals surface area (Å²) < 4.78 is 0. The van der Waals surface area contributed by atoms with Gasteiger partial charge in [0.1, 0.15) is 0 Å². The Hall–Kier alpha value is 0.370. The lowest BCUT2D eigenvalue weighted by Crippen LogP contribution is -1.85. The second kappa shape index (κ2) is 2.62. The Labute approximate surface area is 53.0 Å². The van der Waals surface area contributed by atoms with Crippen molar-refractivity contribution in [3.05, 3.63) is 0 Å². The van der Waals surface area contributed by atoms with Gasteiger partial charge in [0.2, 0.25) is 0 Å². The van der Waals surface area contributed by atoms with Crippen LogP contribution in [0.1, 0.15) is 0 Å². The molecule has 1 aliphatic heterocycles. The lowest BCUT2D eigenvalue weighted by atomic mass is 10.7. The predicted octanol–water partition coefficient (Wildman–Crippen LogP) is 1.06. The molecule has 0 atom stereocenters. The highest BCUT2D eigenvalue weighted by molar-refractivity contribution is 8.15. The topological polar surface area (TPSA) is 12.4 Å². The van der Waals surface area contributed by atoms with E-state index >= 15 is 0 Å². The van der Waals surface area contributed by atoms with Gasteiger partial charge in [0.25, 0.3) is 0 Å². The average molecular weight is 133 g/mol. The number of aliphatic imine (C=N–C) groups is 1. The first-order chi connectivity index (χ1) is 3.43. The molecule has 0 saturated carbocycles. The van der Waals surface area contributed by atoms with Gasteiger partial charge in [0.15, 0.2) is 0 Å². The summed E-state index contributed by atoms with van der Waals surface area (Å²) >= 11 is 5.88. The lowest BCUT2D eigenvalue weighted by molar-refractivity contribution is 1.17. The van der Waals surface area contributed by atoms with Gasteiger partial charge >= 0.3 is 0 Å². The fourth-order valence-corrected chi connectivity index (χ4v) is 1.54. The van der Waals surface area contributed by atoms with Crippen LogP contribution in [0.25, 0.3) is 0 Å². The molecule has 0 N–H and O–H groups in total. The summed E-state index contributed by atoms with van der Waals surface area (Å²) in [6.07, 6.45) is 0. The zero-order valence-electron chi connectivity index (χ0n) is 3.92. The average Bonchev–Trinajstić information content (AvgIpc) is 2.14. The van der Waals surface area contributed by atoms with E-state index in [1.165, 1.54) is 5.04 Å². The third-order valence-corrected chi connectivity index (χ3v) is 2.29. The van der Waals surface area contributed by atoms with Gasteiger partial charge < -0.3 is 0 Å². The number of nitrogens with zero attached hydrogens (tertiary/aromatic N) is 1. The number of rotatable bonds is 1. The first-order valence-corrected chi connectivity index (χ1v) is 3.82. The van der Waals surface area contributed by atoms with Gasteiger partial charge in [-0.05, 0) is 0 Å². The van der Waals surface area contributed by atoms with Crippen molar-refractivity contribution in [3.63, 3.8) is 0 Å².